The van der Waals surface area contributed by atoms with Crippen molar-refractivity contribution in [3.63, 3.8) is 0 Å². The van der Waals surface area contributed by atoms with E-state index in [1.165, 1.54) is 96.3 Å². The molecule has 45 heavy (non-hydrogen) atoms. The second-order valence-corrected chi connectivity index (χ2v) is 12.7. The highest BCUT2D eigenvalue weighted by atomic mass is 31.0. The highest BCUT2D eigenvalue weighted by Gasteiger charge is 2.00. The largest absolute Gasteiger partial charge is 0.396 e. The van der Waals surface area contributed by atoms with Crippen molar-refractivity contribution in [2.75, 3.05) is 13.2 Å². The first-order chi connectivity index (χ1) is 22.2. The summed E-state index contributed by atoms with van der Waals surface area (Å²) in [4.78, 5) is 0. The minimum Gasteiger partial charge on any atom is -0.396 e. The van der Waals surface area contributed by atoms with Crippen LogP contribution in [0.2, 0.25) is 0 Å². The standard InChI is InChI=1S/C20H39O2P.C20H38O2.H2/c1-2-3-17-20(22-23)18-15-13-11-9-7-5-4-6-8-10-12-14-16-19-21;1-2-3-17-20(22)18-15-13-11-9-7-5-4-6-8-10-12-14-16-19-21;/h8,10,15,18,20-21H,2-7,9,11-14,16-17,19,23H2,1H3;8,10,15,18,20-22H,2-7,9,11-14,16-17,19H2,1H3;1H/b2*10-8-,18-15-;/i;;1+2. The topological polar surface area (TPSA) is 69.9 Å². The molecule has 0 aliphatic rings. The molecule has 3 N–H and O–H groups in total. The van der Waals surface area contributed by atoms with E-state index in [4.69, 9.17) is 14.7 Å². The molecular weight excluding hydrogens is 575 g/mol. The summed E-state index contributed by atoms with van der Waals surface area (Å²) in [7, 11) is 2.39. The van der Waals surface area contributed by atoms with Crippen LogP contribution in [0, 0.1) is 0 Å². The maximum atomic E-state index is 9.67. The molecule has 0 aromatic rings. The van der Waals surface area contributed by atoms with Gasteiger partial charge in [-0.05, 0) is 103 Å². The van der Waals surface area contributed by atoms with Crippen molar-refractivity contribution >= 4 is 9.47 Å². The van der Waals surface area contributed by atoms with Crippen molar-refractivity contribution in [2.45, 2.75) is 193 Å². The number of rotatable bonds is 33. The molecule has 0 bridgehead atoms. The zero-order chi connectivity index (χ0) is 33.3. The summed E-state index contributed by atoms with van der Waals surface area (Å²) >= 11 is 0. The maximum absolute atomic E-state index is 9.67. The van der Waals surface area contributed by atoms with Gasteiger partial charge in [0, 0.05) is 24.1 Å². The molecule has 4 nitrogen and oxygen atoms in total. The van der Waals surface area contributed by atoms with Crippen LogP contribution in [0.5, 0.6) is 0 Å². The van der Waals surface area contributed by atoms with Crippen LogP contribution in [0.15, 0.2) is 48.6 Å². The third-order valence-corrected chi connectivity index (χ3v) is 8.30. The number of hydrogen-bond donors (Lipinski definition) is 3. The first kappa shape index (κ1) is 46.3. The smallest absolute Gasteiger partial charge is 0.0791 e. The second-order valence-electron chi connectivity index (χ2n) is 12.5. The van der Waals surface area contributed by atoms with Gasteiger partial charge < -0.3 is 19.8 Å². The molecule has 5 heteroatoms. The van der Waals surface area contributed by atoms with Crippen molar-refractivity contribution in [3.05, 3.63) is 48.6 Å². The molecule has 0 aromatic heterocycles. The minimum absolute atomic E-state index is 0. The van der Waals surface area contributed by atoms with Gasteiger partial charge in [-0.3, -0.25) is 0 Å². The van der Waals surface area contributed by atoms with Crippen LogP contribution < -0.4 is 0 Å². The number of unbranched alkanes of at least 4 members (excludes halogenated alkanes) is 18. The Morgan fingerprint density at radius 2 is 0.844 bits per heavy atom. The molecule has 0 radical (unpaired) electrons. The zero-order valence-electron chi connectivity index (χ0n) is 29.9. The van der Waals surface area contributed by atoms with E-state index in [0.717, 1.165) is 70.6 Å². The van der Waals surface area contributed by atoms with Crippen LogP contribution in [0.4, 0.5) is 0 Å². The van der Waals surface area contributed by atoms with Crippen molar-refractivity contribution in [1.82, 2.24) is 0 Å². The van der Waals surface area contributed by atoms with Gasteiger partial charge in [-0.15, -0.1) is 0 Å². The Morgan fingerprint density at radius 3 is 1.24 bits per heavy atom. The normalized spacial score (nSPS) is 13.4. The first-order valence-electron chi connectivity index (χ1n) is 19.0. The molecule has 0 saturated carbocycles. The number of allylic oxidation sites excluding steroid dienone is 6. The Morgan fingerprint density at radius 1 is 0.489 bits per heavy atom. The molecule has 0 amide bonds. The van der Waals surface area contributed by atoms with Gasteiger partial charge >= 0.3 is 0 Å². The van der Waals surface area contributed by atoms with E-state index in [1.54, 1.807) is 0 Å². The van der Waals surface area contributed by atoms with E-state index < -0.39 is 0 Å². The van der Waals surface area contributed by atoms with Crippen LogP contribution >= 0.6 is 9.47 Å². The zero-order valence-corrected chi connectivity index (χ0v) is 31.1. The highest BCUT2D eigenvalue weighted by molar-refractivity contribution is 7.09. The third kappa shape index (κ3) is 43.2. The summed E-state index contributed by atoms with van der Waals surface area (Å²) in [6, 6.07) is 0. The molecule has 0 heterocycles. The molecule has 0 saturated heterocycles. The van der Waals surface area contributed by atoms with Gasteiger partial charge in [0.15, 0.2) is 0 Å². The predicted octanol–water partition coefficient (Wildman–Crippen LogP) is 12.1. The molecule has 268 valence electrons. The van der Waals surface area contributed by atoms with Crippen LogP contribution in [-0.2, 0) is 4.52 Å². The van der Waals surface area contributed by atoms with Gasteiger partial charge in [-0.25, -0.2) is 0 Å². The maximum Gasteiger partial charge on any atom is 0.0791 e. The number of aliphatic hydroxyl groups excluding tert-OH is 3. The van der Waals surface area contributed by atoms with E-state index in [1.807, 2.05) is 6.08 Å². The molecule has 0 rings (SSSR count). The fourth-order valence-electron chi connectivity index (χ4n) is 4.95. The lowest BCUT2D eigenvalue weighted by Gasteiger charge is -2.09. The summed E-state index contributed by atoms with van der Waals surface area (Å²) in [5.74, 6) is 0. The van der Waals surface area contributed by atoms with Gasteiger partial charge in [0.1, 0.15) is 0 Å². The molecule has 0 aliphatic heterocycles. The lowest BCUT2D eigenvalue weighted by molar-refractivity contribution is 0.209. The van der Waals surface area contributed by atoms with Gasteiger partial charge in [0.2, 0.25) is 0 Å². The first-order valence-corrected chi connectivity index (χ1v) is 19.5. The van der Waals surface area contributed by atoms with Crippen LogP contribution in [0.3, 0.4) is 0 Å². The Hall–Kier alpha value is -0.770. The molecule has 0 aliphatic carbocycles. The monoisotopic (exact) mass is 657 g/mol. The van der Waals surface area contributed by atoms with Gasteiger partial charge in [0.25, 0.3) is 0 Å². The van der Waals surface area contributed by atoms with Crippen LogP contribution in [0.25, 0.3) is 0 Å². The van der Waals surface area contributed by atoms with Gasteiger partial charge in [0.05, 0.1) is 12.2 Å². The SMILES string of the molecule is CCCCC(/C=C\CCCCCCC/C=C\CCCCO)OP.CCCCC(O)/C=C\CCCCCCC/C=C\CCCCO.[3HH]. The van der Waals surface area contributed by atoms with Crippen molar-refractivity contribution in [1.29, 1.82) is 0 Å². The second kappa shape index (κ2) is 43.2. The van der Waals surface area contributed by atoms with E-state index in [2.05, 4.69) is 65.8 Å². The van der Waals surface area contributed by atoms with E-state index in [9.17, 15) is 5.11 Å². The fourth-order valence-corrected chi connectivity index (χ4v) is 5.18. The number of hydrogen-bond acceptors (Lipinski definition) is 4. The molecule has 3 atom stereocenters. The predicted molar refractivity (Wildman–Crippen MR) is 205 cm³/mol. The average molecular weight is 657 g/mol. The number of aliphatic hydroxyl groups is 3. The van der Waals surface area contributed by atoms with E-state index in [-0.39, 0.29) is 13.6 Å². The third-order valence-electron chi connectivity index (χ3n) is 7.95. The molecule has 0 aromatic carbocycles. The summed E-state index contributed by atoms with van der Waals surface area (Å²) in [6.07, 6.45) is 48.7. The summed E-state index contributed by atoms with van der Waals surface area (Å²) < 4.78 is 5.38. The van der Waals surface area contributed by atoms with Crippen molar-refractivity contribution < 1.29 is 21.3 Å². The minimum atomic E-state index is -0.232. The van der Waals surface area contributed by atoms with Crippen LogP contribution in [0.1, 0.15) is 182 Å². The molecular formula is C40H79O4P. The molecule has 3 unspecified atom stereocenters. The Kier molecular flexibility index (Phi) is 44.5. The van der Waals surface area contributed by atoms with E-state index in [0.29, 0.717) is 13.2 Å². The Bertz CT molecular complexity index is 653. The van der Waals surface area contributed by atoms with Crippen LogP contribution in [-0.4, -0.2) is 40.7 Å². The quantitative estimate of drug-likeness (QED) is 0.0373. The van der Waals surface area contributed by atoms with Crippen molar-refractivity contribution in [3.8, 4) is 0 Å². The van der Waals surface area contributed by atoms with Gasteiger partial charge in [-0.2, -0.15) is 0 Å². The van der Waals surface area contributed by atoms with Gasteiger partial charge in [-0.1, -0.05) is 127 Å². The Labute approximate surface area is 285 Å². The van der Waals surface area contributed by atoms with Crippen molar-refractivity contribution in [2.24, 2.45) is 0 Å². The molecule has 0 fully saturated rings. The van der Waals surface area contributed by atoms with E-state index >= 15 is 0 Å². The lowest BCUT2D eigenvalue weighted by atomic mass is 10.1. The average Bonchev–Trinajstić information content (AvgIpc) is 3.05. The molecule has 0 spiro atoms. The summed E-state index contributed by atoms with van der Waals surface area (Å²) in [6.45, 7) is 5.02. The Balaban J connectivity index is -0.000000788. The lowest BCUT2D eigenvalue weighted by Crippen LogP contribution is -2.02. The summed E-state index contributed by atoms with van der Waals surface area (Å²) in [5.41, 5.74) is 0. The summed E-state index contributed by atoms with van der Waals surface area (Å²) in [5, 5.41) is 27.0. The highest BCUT2D eigenvalue weighted by Crippen LogP contribution is 2.13. The fraction of sp³-hybridized carbons (Fsp3) is 0.800.